The Morgan fingerprint density at radius 2 is 1.85 bits per heavy atom. The van der Waals surface area contributed by atoms with Gasteiger partial charge in [-0.2, -0.15) is 0 Å². The average Bonchev–Trinajstić information content (AvgIpc) is 2.32. The van der Waals surface area contributed by atoms with Crippen LogP contribution in [-0.4, -0.2) is 9.97 Å². The zero-order valence-corrected chi connectivity index (χ0v) is 12.7. The molecular formula is C15H17ClFN3. The van der Waals surface area contributed by atoms with Crippen LogP contribution in [0.15, 0.2) is 24.3 Å². The van der Waals surface area contributed by atoms with Crippen LogP contribution in [0.4, 0.5) is 15.9 Å². The molecule has 106 valence electrons. The lowest BCUT2D eigenvalue weighted by Gasteiger charge is -2.18. The molecule has 1 heterocycles. The van der Waals surface area contributed by atoms with Crippen LogP contribution < -0.4 is 5.32 Å². The SMILES string of the molecule is Cc1ccc(Nc2cc(Cl)nc(C(C)(C)C)n2)cc1F. The highest BCUT2D eigenvalue weighted by molar-refractivity contribution is 6.29. The van der Waals surface area contributed by atoms with E-state index in [2.05, 4.69) is 15.3 Å². The van der Waals surface area contributed by atoms with Gasteiger partial charge in [0.2, 0.25) is 0 Å². The number of nitrogens with one attached hydrogen (secondary N) is 1. The summed E-state index contributed by atoms with van der Waals surface area (Å²) in [4.78, 5) is 8.64. The summed E-state index contributed by atoms with van der Waals surface area (Å²) < 4.78 is 13.5. The van der Waals surface area contributed by atoms with Crippen LogP contribution in [0.5, 0.6) is 0 Å². The minimum absolute atomic E-state index is 0.208. The first-order chi connectivity index (χ1) is 9.25. The van der Waals surface area contributed by atoms with Crippen molar-refractivity contribution in [2.75, 3.05) is 5.32 Å². The molecule has 5 heteroatoms. The Kier molecular flexibility index (Phi) is 3.95. The standard InChI is InChI=1S/C15H17ClFN3/c1-9-5-6-10(7-11(9)17)18-13-8-12(16)19-14(20-13)15(2,3)4/h5-8H,1-4H3,(H,18,19,20). The van der Waals surface area contributed by atoms with Crippen molar-refractivity contribution in [2.24, 2.45) is 0 Å². The van der Waals surface area contributed by atoms with Crippen LogP contribution in [0.1, 0.15) is 32.2 Å². The van der Waals surface area contributed by atoms with Crippen LogP contribution in [0.25, 0.3) is 0 Å². The van der Waals surface area contributed by atoms with Gasteiger partial charge in [0.15, 0.2) is 0 Å². The normalized spacial score (nSPS) is 11.5. The van der Waals surface area contributed by atoms with Gasteiger partial charge in [0.1, 0.15) is 22.6 Å². The van der Waals surface area contributed by atoms with Crippen molar-refractivity contribution in [3.05, 3.63) is 46.6 Å². The summed E-state index contributed by atoms with van der Waals surface area (Å²) in [5, 5.41) is 3.41. The van der Waals surface area contributed by atoms with E-state index in [4.69, 9.17) is 11.6 Å². The van der Waals surface area contributed by atoms with E-state index in [0.717, 1.165) is 0 Å². The molecule has 2 aromatic rings. The maximum absolute atomic E-state index is 13.5. The van der Waals surface area contributed by atoms with Crippen molar-refractivity contribution < 1.29 is 4.39 Å². The molecule has 20 heavy (non-hydrogen) atoms. The number of hydrogen-bond donors (Lipinski definition) is 1. The Morgan fingerprint density at radius 1 is 1.15 bits per heavy atom. The monoisotopic (exact) mass is 293 g/mol. The van der Waals surface area contributed by atoms with Gasteiger partial charge in [-0.15, -0.1) is 0 Å². The first kappa shape index (κ1) is 14.7. The minimum Gasteiger partial charge on any atom is -0.340 e. The fraction of sp³-hybridized carbons (Fsp3) is 0.333. The van der Waals surface area contributed by atoms with Crippen LogP contribution in [0, 0.1) is 12.7 Å². The topological polar surface area (TPSA) is 37.8 Å². The van der Waals surface area contributed by atoms with E-state index in [9.17, 15) is 4.39 Å². The number of halogens is 2. The third-order valence-corrected chi connectivity index (χ3v) is 3.00. The molecule has 1 aromatic heterocycles. The molecule has 3 nitrogen and oxygen atoms in total. The van der Waals surface area contributed by atoms with Crippen LogP contribution >= 0.6 is 11.6 Å². The van der Waals surface area contributed by atoms with Crippen molar-refractivity contribution in [3.8, 4) is 0 Å². The zero-order chi connectivity index (χ0) is 14.9. The summed E-state index contributed by atoms with van der Waals surface area (Å²) in [6.45, 7) is 7.74. The molecule has 0 unspecified atom stereocenters. The molecule has 0 fully saturated rings. The smallest absolute Gasteiger partial charge is 0.137 e. The summed E-state index contributed by atoms with van der Waals surface area (Å²) in [6, 6.07) is 6.56. The lowest BCUT2D eigenvalue weighted by molar-refractivity contribution is 0.546. The largest absolute Gasteiger partial charge is 0.340 e. The van der Waals surface area contributed by atoms with Gasteiger partial charge < -0.3 is 5.32 Å². The molecule has 0 saturated heterocycles. The maximum Gasteiger partial charge on any atom is 0.137 e. The van der Waals surface area contributed by atoms with Gasteiger partial charge in [-0.1, -0.05) is 38.4 Å². The highest BCUT2D eigenvalue weighted by atomic mass is 35.5. The molecule has 1 N–H and O–H groups in total. The third-order valence-electron chi connectivity index (χ3n) is 2.81. The number of aromatic nitrogens is 2. The first-order valence-electron chi connectivity index (χ1n) is 6.34. The Labute approximate surface area is 123 Å². The summed E-state index contributed by atoms with van der Waals surface area (Å²) in [7, 11) is 0. The van der Waals surface area contributed by atoms with Crippen molar-refractivity contribution >= 4 is 23.1 Å². The maximum atomic E-state index is 13.5. The third kappa shape index (κ3) is 3.45. The molecule has 0 spiro atoms. The number of nitrogens with zero attached hydrogens (tertiary/aromatic N) is 2. The number of hydrogen-bond acceptors (Lipinski definition) is 3. The zero-order valence-electron chi connectivity index (χ0n) is 12.0. The summed E-state index contributed by atoms with van der Waals surface area (Å²) in [5.41, 5.74) is 1.02. The predicted octanol–water partition coefficient (Wildman–Crippen LogP) is 4.62. The van der Waals surface area contributed by atoms with Crippen LogP contribution in [0.2, 0.25) is 5.15 Å². The molecule has 0 saturated carbocycles. The highest BCUT2D eigenvalue weighted by Gasteiger charge is 2.18. The Morgan fingerprint density at radius 3 is 2.45 bits per heavy atom. The van der Waals surface area contributed by atoms with Gasteiger partial charge in [-0.05, 0) is 24.6 Å². The quantitative estimate of drug-likeness (QED) is 0.821. The molecule has 2 rings (SSSR count). The summed E-state index contributed by atoms with van der Waals surface area (Å²) in [6.07, 6.45) is 0. The van der Waals surface area contributed by atoms with E-state index in [1.54, 1.807) is 25.1 Å². The molecule has 0 amide bonds. The number of rotatable bonds is 2. The second-order valence-corrected chi connectivity index (χ2v) is 6.13. The lowest BCUT2D eigenvalue weighted by atomic mass is 9.96. The molecule has 0 bridgehead atoms. The van der Waals surface area contributed by atoms with Crippen LogP contribution in [-0.2, 0) is 5.41 Å². The fourth-order valence-corrected chi connectivity index (χ4v) is 1.82. The van der Waals surface area contributed by atoms with E-state index < -0.39 is 0 Å². The van der Waals surface area contributed by atoms with Gasteiger partial charge in [0.25, 0.3) is 0 Å². The van der Waals surface area contributed by atoms with Crippen molar-refractivity contribution in [3.63, 3.8) is 0 Å². The summed E-state index contributed by atoms with van der Waals surface area (Å²) >= 11 is 6.01. The molecule has 0 radical (unpaired) electrons. The van der Waals surface area contributed by atoms with Gasteiger partial charge in [0, 0.05) is 17.2 Å². The molecule has 0 aliphatic carbocycles. The number of anilines is 2. The van der Waals surface area contributed by atoms with Crippen molar-refractivity contribution in [1.82, 2.24) is 9.97 Å². The Balaban J connectivity index is 2.33. The highest BCUT2D eigenvalue weighted by Crippen LogP contribution is 2.24. The molecule has 0 aliphatic heterocycles. The van der Waals surface area contributed by atoms with Crippen molar-refractivity contribution in [1.29, 1.82) is 0 Å². The average molecular weight is 294 g/mol. The second-order valence-electron chi connectivity index (χ2n) is 5.74. The van der Waals surface area contributed by atoms with E-state index >= 15 is 0 Å². The molecule has 1 aromatic carbocycles. The molecule has 0 aliphatic rings. The number of aryl methyl sites for hydroxylation is 1. The van der Waals surface area contributed by atoms with E-state index in [0.29, 0.717) is 28.0 Å². The molecule has 0 atom stereocenters. The minimum atomic E-state index is -0.258. The Bertz CT molecular complexity index is 636. The van der Waals surface area contributed by atoms with E-state index in [1.165, 1.54) is 6.07 Å². The van der Waals surface area contributed by atoms with Crippen molar-refractivity contribution in [2.45, 2.75) is 33.1 Å². The fourth-order valence-electron chi connectivity index (χ4n) is 1.64. The van der Waals surface area contributed by atoms with Gasteiger partial charge >= 0.3 is 0 Å². The summed E-state index contributed by atoms with van der Waals surface area (Å²) in [5.74, 6) is 0.935. The van der Waals surface area contributed by atoms with Gasteiger partial charge in [0.05, 0.1) is 0 Å². The van der Waals surface area contributed by atoms with Crippen LogP contribution in [0.3, 0.4) is 0 Å². The molecular weight excluding hydrogens is 277 g/mol. The first-order valence-corrected chi connectivity index (χ1v) is 6.72. The van der Waals surface area contributed by atoms with E-state index in [-0.39, 0.29) is 11.2 Å². The lowest BCUT2D eigenvalue weighted by Crippen LogP contribution is -2.16. The number of benzene rings is 1. The van der Waals surface area contributed by atoms with Gasteiger partial charge in [-0.3, -0.25) is 0 Å². The van der Waals surface area contributed by atoms with E-state index in [1.807, 2.05) is 20.8 Å². The Hall–Kier alpha value is -1.68. The van der Waals surface area contributed by atoms with Gasteiger partial charge in [-0.25, -0.2) is 14.4 Å². The predicted molar refractivity (Wildman–Crippen MR) is 80.2 cm³/mol. The second kappa shape index (κ2) is 5.37.